The number of nitrogens with zero attached hydrogens (tertiary/aromatic N) is 2. The third kappa shape index (κ3) is 2.30. The first-order valence-corrected chi connectivity index (χ1v) is 4.02. The summed E-state index contributed by atoms with van der Waals surface area (Å²) in [5.41, 5.74) is -1.02. The van der Waals surface area contributed by atoms with Crippen LogP contribution in [0.3, 0.4) is 0 Å². The van der Waals surface area contributed by atoms with Crippen LogP contribution in [0.15, 0.2) is 10.5 Å². The minimum Gasteiger partial charge on any atom is -0.371 e. The van der Waals surface area contributed by atoms with Gasteiger partial charge in [0.05, 0.1) is 4.47 Å². The van der Waals surface area contributed by atoms with E-state index in [-0.39, 0.29) is 10.3 Å². The van der Waals surface area contributed by atoms with Crippen molar-refractivity contribution in [2.24, 2.45) is 0 Å². The zero-order valence-corrected chi connectivity index (χ0v) is 8.07. The summed E-state index contributed by atoms with van der Waals surface area (Å²) in [7, 11) is 1.54. The van der Waals surface area contributed by atoms with E-state index in [2.05, 4.69) is 31.4 Å². The van der Waals surface area contributed by atoms with Crippen LogP contribution in [0.25, 0.3) is 0 Å². The summed E-state index contributed by atoms with van der Waals surface area (Å²) in [6.45, 7) is 0. The number of nitrogens with one attached hydrogen (secondary N) is 1. The highest BCUT2D eigenvalue weighted by molar-refractivity contribution is 9.10. The van der Waals surface area contributed by atoms with Crippen molar-refractivity contribution in [2.75, 3.05) is 12.4 Å². The Morgan fingerprint density at radius 2 is 2.00 bits per heavy atom. The molecule has 1 aromatic rings. The van der Waals surface area contributed by atoms with E-state index < -0.39 is 11.9 Å². The van der Waals surface area contributed by atoms with E-state index in [1.807, 2.05) is 0 Å². The van der Waals surface area contributed by atoms with E-state index >= 15 is 0 Å². The molecule has 1 N–H and O–H groups in total. The van der Waals surface area contributed by atoms with Gasteiger partial charge in [-0.15, -0.1) is 10.2 Å². The summed E-state index contributed by atoms with van der Waals surface area (Å²) in [4.78, 5) is 0. The Labute approximate surface area is 80.5 Å². The Balaban J connectivity index is 3.10. The average Bonchev–Trinajstić information content (AvgIpc) is 2.02. The fourth-order valence-corrected chi connectivity index (χ4v) is 1.17. The number of aromatic nitrogens is 2. The highest BCUT2D eigenvalue weighted by atomic mass is 79.9. The number of hydrogen-bond donors (Lipinski definition) is 1. The number of halogens is 4. The molecule has 0 fully saturated rings. The molecule has 0 amide bonds. The maximum Gasteiger partial charge on any atom is 0.435 e. The molecule has 0 aromatic carbocycles. The molecule has 0 aliphatic carbocycles. The van der Waals surface area contributed by atoms with Gasteiger partial charge in [-0.25, -0.2) is 0 Å². The van der Waals surface area contributed by atoms with Gasteiger partial charge in [0.25, 0.3) is 0 Å². The first-order valence-electron chi connectivity index (χ1n) is 3.23. The van der Waals surface area contributed by atoms with Gasteiger partial charge >= 0.3 is 6.18 Å². The molecule has 0 unspecified atom stereocenters. The Morgan fingerprint density at radius 1 is 1.38 bits per heavy atom. The zero-order valence-electron chi connectivity index (χ0n) is 6.48. The first kappa shape index (κ1) is 10.2. The molecule has 0 aliphatic heterocycles. The van der Waals surface area contributed by atoms with Gasteiger partial charge in [-0.3, -0.25) is 0 Å². The minimum atomic E-state index is -4.46. The molecule has 72 valence electrons. The molecule has 0 saturated heterocycles. The molecule has 3 nitrogen and oxygen atoms in total. The van der Waals surface area contributed by atoms with Crippen molar-refractivity contribution in [3.8, 4) is 0 Å². The second-order valence-corrected chi connectivity index (χ2v) is 3.03. The van der Waals surface area contributed by atoms with Gasteiger partial charge < -0.3 is 5.32 Å². The lowest BCUT2D eigenvalue weighted by Crippen LogP contribution is -2.10. The van der Waals surface area contributed by atoms with Crippen LogP contribution in [0.2, 0.25) is 0 Å². The van der Waals surface area contributed by atoms with Crippen LogP contribution >= 0.6 is 15.9 Å². The molecule has 0 atom stereocenters. The molecule has 1 aromatic heterocycles. The van der Waals surface area contributed by atoms with Gasteiger partial charge in [0.15, 0.2) is 11.5 Å². The van der Waals surface area contributed by atoms with Crippen molar-refractivity contribution in [3.05, 3.63) is 16.2 Å². The predicted octanol–water partition coefficient (Wildman–Crippen LogP) is 2.30. The van der Waals surface area contributed by atoms with Crippen molar-refractivity contribution in [1.82, 2.24) is 10.2 Å². The van der Waals surface area contributed by atoms with Crippen LogP contribution in [-0.2, 0) is 6.18 Å². The van der Waals surface area contributed by atoms with Crippen molar-refractivity contribution < 1.29 is 13.2 Å². The summed E-state index contributed by atoms with van der Waals surface area (Å²) in [5.74, 6) is 0.271. The second kappa shape index (κ2) is 3.49. The van der Waals surface area contributed by atoms with E-state index in [0.29, 0.717) is 0 Å². The van der Waals surface area contributed by atoms with Crippen LogP contribution in [0.1, 0.15) is 5.69 Å². The van der Waals surface area contributed by atoms with Gasteiger partial charge in [0.1, 0.15) is 0 Å². The molecule has 0 aliphatic rings. The molecule has 0 radical (unpaired) electrons. The van der Waals surface area contributed by atoms with Gasteiger partial charge in [-0.2, -0.15) is 13.2 Å². The zero-order chi connectivity index (χ0) is 10.1. The van der Waals surface area contributed by atoms with Crippen molar-refractivity contribution in [3.63, 3.8) is 0 Å². The Kier molecular flexibility index (Phi) is 2.74. The van der Waals surface area contributed by atoms with Crippen molar-refractivity contribution in [2.45, 2.75) is 6.18 Å². The van der Waals surface area contributed by atoms with Crippen LogP contribution in [0, 0.1) is 0 Å². The van der Waals surface area contributed by atoms with Crippen molar-refractivity contribution >= 4 is 21.7 Å². The molecular formula is C6H5BrF3N3. The molecule has 1 rings (SSSR count). The van der Waals surface area contributed by atoms with Crippen LogP contribution in [0.5, 0.6) is 0 Å². The van der Waals surface area contributed by atoms with E-state index in [4.69, 9.17) is 0 Å². The summed E-state index contributed by atoms with van der Waals surface area (Å²) in [6.07, 6.45) is -4.46. The topological polar surface area (TPSA) is 37.8 Å². The van der Waals surface area contributed by atoms with Crippen LogP contribution in [0.4, 0.5) is 19.0 Å². The Morgan fingerprint density at radius 3 is 2.38 bits per heavy atom. The quantitative estimate of drug-likeness (QED) is 0.837. The van der Waals surface area contributed by atoms with Gasteiger partial charge in [-0.1, -0.05) is 0 Å². The van der Waals surface area contributed by atoms with E-state index in [0.717, 1.165) is 6.07 Å². The monoisotopic (exact) mass is 255 g/mol. The molecule has 7 heteroatoms. The van der Waals surface area contributed by atoms with Gasteiger partial charge in [-0.05, 0) is 22.0 Å². The SMILES string of the molecule is CNc1nnc(C(F)(F)F)cc1Br. The lowest BCUT2D eigenvalue weighted by atomic mass is 10.4. The molecule has 13 heavy (non-hydrogen) atoms. The number of anilines is 1. The smallest absolute Gasteiger partial charge is 0.371 e. The van der Waals surface area contributed by atoms with Crippen LogP contribution < -0.4 is 5.32 Å². The predicted molar refractivity (Wildman–Crippen MR) is 44.3 cm³/mol. The maximum atomic E-state index is 12.1. The van der Waals surface area contributed by atoms with Gasteiger partial charge in [0.2, 0.25) is 0 Å². The Hall–Kier alpha value is -0.850. The summed E-state index contributed by atoms with van der Waals surface area (Å²) in [5, 5.41) is 8.94. The third-order valence-corrected chi connectivity index (χ3v) is 1.88. The molecular weight excluding hydrogens is 251 g/mol. The molecule has 1 heterocycles. The largest absolute Gasteiger partial charge is 0.435 e. The highest BCUT2D eigenvalue weighted by Crippen LogP contribution is 2.30. The van der Waals surface area contributed by atoms with E-state index in [1.165, 1.54) is 0 Å². The number of rotatable bonds is 1. The lowest BCUT2D eigenvalue weighted by Gasteiger charge is -2.06. The fraction of sp³-hybridized carbons (Fsp3) is 0.333. The summed E-state index contributed by atoms with van der Waals surface area (Å²) >= 11 is 2.93. The average molecular weight is 256 g/mol. The molecule has 0 bridgehead atoms. The Bertz CT molecular complexity index is 312. The normalized spacial score (nSPS) is 11.5. The molecule has 0 spiro atoms. The van der Waals surface area contributed by atoms with Crippen molar-refractivity contribution in [1.29, 1.82) is 0 Å². The second-order valence-electron chi connectivity index (χ2n) is 2.17. The minimum absolute atomic E-state index is 0.234. The van der Waals surface area contributed by atoms with Crippen LogP contribution in [-0.4, -0.2) is 17.2 Å². The summed E-state index contributed by atoms with van der Waals surface area (Å²) < 4.78 is 36.4. The summed E-state index contributed by atoms with van der Waals surface area (Å²) in [6, 6.07) is 0.874. The maximum absolute atomic E-state index is 12.1. The standard InChI is InChI=1S/C6H5BrF3N3/c1-11-5-3(7)2-4(12-13-5)6(8,9)10/h2H,1H3,(H,11,13). The number of alkyl halides is 3. The van der Waals surface area contributed by atoms with E-state index in [1.54, 1.807) is 7.05 Å². The fourth-order valence-electron chi connectivity index (χ4n) is 0.677. The highest BCUT2D eigenvalue weighted by Gasteiger charge is 2.33. The lowest BCUT2D eigenvalue weighted by molar-refractivity contribution is -0.141. The third-order valence-electron chi connectivity index (χ3n) is 1.27. The first-order chi connectivity index (χ1) is 5.95. The number of hydrogen-bond acceptors (Lipinski definition) is 3. The van der Waals surface area contributed by atoms with Gasteiger partial charge in [0, 0.05) is 7.05 Å². The molecule has 0 saturated carbocycles. The van der Waals surface area contributed by atoms with E-state index in [9.17, 15) is 13.2 Å².